The van der Waals surface area contributed by atoms with E-state index < -0.39 is 0 Å². The van der Waals surface area contributed by atoms with Crippen LogP contribution in [0.1, 0.15) is 13.3 Å². The summed E-state index contributed by atoms with van der Waals surface area (Å²) in [7, 11) is 0. The van der Waals surface area contributed by atoms with Crippen LogP contribution >= 0.6 is 11.8 Å². The molecule has 4 nitrogen and oxygen atoms in total. The predicted octanol–water partition coefficient (Wildman–Crippen LogP) is 0.464. The van der Waals surface area contributed by atoms with E-state index >= 15 is 0 Å². The molecule has 0 heterocycles. The summed E-state index contributed by atoms with van der Waals surface area (Å²) >= 11 is 1.82. The van der Waals surface area contributed by atoms with Crippen molar-refractivity contribution in [1.29, 1.82) is 0 Å². The van der Waals surface area contributed by atoms with Crippen molar-refractivity contribution in [3.8, 4) is 0 Å². The Morgan fingerprint density at radius 3 is 2.92 bits per heavy atom. The fourth-order valence-corrected chi connectivity index (χ4v) is 1.16. The number of nitrogens with two attached hydrogens (primary N) is 1. The summed E-state index contributed by atoms with van der Waals surface area (Å²) in [6, 6.07) is -0.0446. The lowest BCUT2D eigenvalue weighted by atomic mass is 10.3. The average Bonchev–Trinajstić information content (AvgIpc) is 2.10. The summed E-state index contributed by atoms with van der Waals surface area (Å²) in [5, 5.41) is 14.4. The van der Waals surface area contributed by atoms with Crippen molar-refractivity contribution in [1.82, 2.24) is 5.32 Å². The largest absolute Gasteiger partial charge is 0.409 e. The number of hydrogen-bond donors (Lipinski definition) is 3. The van der Waals surface area contributed by atoms with Crippen molar-refractivity contribution >= 4 is 17.6 Å². The SMILES string of the molecule is CSCCCNC(C)C(N)=NO. The van der Waals surface area contributed by atoms with Gasteiger partial charge in [-0.2, -0.15) is 11.8 Å². The Kier molecular flexibility index (Phi) is 6.99. The first kappa shape index (κ1) is 11.6. The molecule has 72 valence electrons. The van der Waals surface area contributed by atoms with Gasteiger partial charge in [-0.05, 0) is 31.9 Å². The lowest BCUT2D eigenvalue weighted by Crippen LogP contribution is -2.39. The van der Waals surface area contributed by atoms with Crippen LogP contribution in [-0.2, 0) is 0 Å². The molecule has 0 spiro atoms. The minimum Gasteiger partial charge on any atom is -0.409 e. The summed E-state index contributed by atoms with van der Waals surface area (Å²) in [6.07, 6.45) is 3.18. The van der Waals surface area contributed by atoms with Gasteiger partial charge in [-0.3, -0.25) is 0 Å². The molecule has 0 amide bonds. The second kappa shape index (κ2) is 7.24. The van der Waals surface area contributed by atoms with Gasteiger partial charge in [0.1, 0.15) is 0 Å². The normalized spacial score (nSPS) is 14.7. The molecule has 0 radical (unpaired) electrons. The van der Waals surface area contributed by atoms with Crippen LogP contribution < -0.4 is 11.1 Å². The zero-order valence-corrected chi connectivity index (χ0v) is 8.40. The Bertz CT molecular complexity index is 141. The molecule has 0 fully saturated rings. The standard InChI is InChI=1S/C7H17N3OS/c1-6(7(8)10-11)9-4-3-5-12-2/h6,9,11H,3-5H2,1-2H3,(H2,8,10). The third-order valence-corrected chi connectivity index (χ3v) is 2.23. The third kappa shape index (κ3) is 5.26. The van der Waals surface area contributed by atoms with E-state index in [2.05, 4.69) is 16.7 Å². The third-order valence-electron chi connectivity index (χ3n) is 1.53. The smallest absolute Gasteiger partial charge is 0.156 e. The molecule has 0 bridgehead atoms. The van der Waals surface area contributed by atoms with Crippen LogP contribution in [0.3, 0.4) is 0 Å². The molecule has 0 saturated heterocycles. The maximum Gasteiger partial charge on any atom is 0.156 e. The minimum atomic E-state index is -0.0446. The van der Waals surface area contributed by atoms with Crippen LogP contribution in [0.2, 0.25) is 0 Å². The van der Waals surface area contributed by atoms with E-state index in [1.807, 2.05) is 18.7 Å². The number of nitrogens with one attached hydrogen (secondary N) is 1. The Morgan fingerprint density at radius 1 is 1.75 bits per heavy atom. The van der Waals surface area contributed by atoms with E-state index in [-0.39, 0.29) is 11.9 Å². The van der Waals surface area contributed by atoms with E-state index in [1.165, 1.54) is 0 Å². The number of oxime groups is 1. The van der Waals surface area contributed by atoms with E-state index in [4.69, 9.17) is 10.9 Å². The van der Waals surface area contributed by atoms with Crippen LogP contribution in [0.4, 0.5) is 0 Å². The molecule has 4 N–H and O–H groups in total. The number of hydrogen-bond acceptors (Lipinski definition) is 4. The topological polar surface area (TPSA) is 70.6 Å². The fourth-order valence-electron chi connectivity index (χ4n) is 0.726. The molecule has 0 aromatic carbocycles. The van der Waals surface area contributed by atoms with Gasteiger partial charge in [-0.25, -0.2) is 0 Å². The van der Waals surface area contributed by atoms with Crippen molar-refractivity contribution in [2.45, 2.75) is 19.4 Å². The van der Waals surface area contributed by atoms with E-state index in [0.717, 1.165) is 18.7 Å². The van der Waals surface area contributed by atoms with Crippen LogP contribution in [0.5, 0.6) is 0 Å². The van der Waals surface area contributed by atoms with Crippen molar-refractivity contribution < 1.29 is 5.21 Å². The lowest BCUT2D eigenvalue weighted by molar-refractivity contribution is 0.315. The number of rotatable bonds is 6. The molecular formula is C7H17N3OS. The molecule has 1 unspecified atom stereocenters. The second-order valence-corrected chi connectivity index (χ2v) is 3.53. The Balaban J connectivity index is 3.37. The fraction of sp³-hybridized carbons (Fsp3) is 0.857. The molecule has 0 aliphatic carbocycles. The van der Waals surface area contributed by atoms with Gasteiger partial charge >= 0.3 is 0 Å². The summed E-state index contributed by atoms with van der Waals surface area (Å²) in [4.78, 5) is 0. The minimum absolute atomic E-state index is 0.0446. The molecule has 0 aromatic rings. The van der Waals surface area contributed by atoms with Gasteiger partial charge in [0.15, 0.2) is 5.84 Å². The second-order valence-electron chi connectivity index (χ2n) is 2.55. The first-order valence-electron chi connectivity index (χ1n) is 3.92. The van der Waals surface area contributed by atoms with Gasteiger partial charge in [0.25, 0.3) is 0 Å². The van der Waals surface area contributed by atoms with E-state index in [1.54, 1.807) is 0 Å². The molecule has 5 heteroatoms. The maximum atomic E-state index is 8.33. The molecule has 0 saturated carbocycles. The van der Waals surface area contributed by atoms with Gasteiger partial charge in [0, 0.05) is 0 Å². The highest BCUT2D eigenvalue weighted by molar-refractivity contribution is 7.98. The Labute approximate surface area is 77.6 Å². The van der Waals surface area contributed by atoms with Gasteiger partial charge in [-0.15, -0.1) is 0 Å². The van der Waals surface area contributed by atoms with Crippen LogP contribution in [0.15, 0.2) is 5.16 Å². The average molecular weight is 191 g/mol. The predicted molar refractivity (Wildman–Crippen MR) is 53.9 cm³/mol. The molecule has 0 rings (SSSR count). The van der Waals surface area contributed by atoms with Crippen molar-refractivity contribution in [3.05, 3.63) is 0 Å². The van der Waals surface area contributed by atoms with Crippen LogP contribution in [-0.4, -0.2) is 35.6 Å². The highest BCUT2D eigenvalue weighted by Crippen LogP contribution is 1.93. The van der Waals surface area contributed by atoms with Crippen LogP contribution in [0.25, 0.3) is 0 Å². The van der Waals surface area contributed by atoms with Gasteiger partial charge in [0.2, 0.25) is 0 Å². The summed E-state index contributed by atoms with van der Waals surface area (Å²) in [6.45, 7) is 2.77. The number of nitrogens with zero attached hydrogens (tertiary/aromatic N) is 1. The molecule has 0 aliphatic rings. The highest BCUT2D eigenvalue weighted by Gasteiger charge is 2.04. The molecule has 0 aliphatic heterocycles. The van der Waals surface area contributed by atoms with Gasteiger partial charge < -0.3 is 16.3 Å². The zero-order chi connectivity index (χ0) is 9.40. The lowest BCUT2D eigenvalue weighted by Gasteiger charge is -2.10. The number of thioether (sulfide) groups is 1. The van der Waals surface area contributed by atoms with E-state index in [9.17, 15) is 0 Å². The summed E-state index contributed by atoms with van der Waals surface area (Å²) < 4.78 is 0. The summed E-state index contributed by atoms with van der Waals surface area (Å²) in [5.41, 5.74) is 5.36. The van der Waals surface area contributed by atoms with Gasteiger partial charge in [0.05, 0.1) is 6.04 Å². The molecule has 0 aromatic heterocycles. The van der Waals surface area contributed by atoms with Crippen LogP contribution in [0, 0.1) is 0 Å². The molecule has 12 heavy (non-hydrogen) atoms. The maximum absolute atomic E-state index is 8.33. The Morgan fingerprint density at radius 2 is 2.42 bits per heavy atom. The highest BCUT2D eigenvalue weighted by atomic mass is 32.2. The monoisotopic (exact) mass is 191 g/mol. The van der Waals surface area contributed by atoms with Crippen molar-refractivity contribution in [2.75, 3.05) is 18.6 Å². The number of amidine groups is 1. The molecular weight excluding hydrogens is 174 g/mol. The summed E-state index contributed by atoms with van der Waals surface area (Å²) in [5.74, 6) is 1.37. The molecule has 1 atom stereocenters. The first-order valence-corrected chi connectivity index (χ1v) is 5.31. The van der Waals surface area contributed by atoms with Crippen molar-refractivity contribution in [3.63, 3.8) is 0 Å². The Hall–Kier alpha value is -0.420. The first-order chi connectivity index (χ1) is 5.72. The van der Waals surface area contributed by atoms with Gasteiger partial charge in [-0.1, -0.05) is 5.16 Å². The van der Waals surface area contributed by atoms with E-state index in [0.29, 0.717) is 0 Å². The quantitative estimate of drug-likeness (QED) is 0.188. The van der Waals surface area contributed by atoms with Crippen molar-refractivity contribution in [2.24, 2.45) is 10.9 Å². The zero-order valence-electron chi connectivity index (χ0n) is 7.58.